The van der Waals surface area contributed by atoms with E-state index in [1.165, 1.54) is 0 Å². The van der Waals surface area contributed by atoms with Gasteiger partial charge in [0.15, 0.2) is 6.61 Å². The number of anilines is 1. The van der Waals surface area contributed by atoms with E-state index < -0.39 is 0 Å². The minimum Gasteiger partial charge on any atom is -0.482 e. The van der Waals surface area contributed by atoms with Gasteiger partial charge in [-0.05, 0) is 51.9 Å². The summed E-state index contributed by atoms with van der Waals surface area (Å²) < 4.78 is 16.1. The van der Waals surface area contributed by atoms with Crippen molar-refractivity contribution in [1.29, 1.82) is 0 Å². The van der Waals surface area contributed by atoms with Gasteiger partial charge >= 0.3 is 11.9 Å². The molecule has 1 saturated heterocycles. The van der Waals surface area contributed by atoms with E-state index in [0.29, 0.717) is 36.3 Å². The van der Waals surface area contributed by atoms with Gasteiger partial charge in [0.25, 0.3) is 0 Å². The summed E-state index contributed by atoms with van der Waals surface area (Å²) in [6, 6.07) is 11.6. The molecule has 1 aliphatic heterocycles. The molecule has 1 aliphatic rings. The quantitative estimate of drug-likeness (QED) is 0.461. The van der Waals surface area contributed by atoms with Crippen LogP contribution in [0.15, 0.2) is 42.6 Å². The lowest BCUT2D eigenvalue weighted by Crippen LogP contribution is -2.37. The Morgan fingerprint density at radius 1 is 1.18 bits per heavy atom. The van der Waals surface area contributed by atoms with Gasteiger partial charge in [-0.1, -0.05) is 25.1 Å². The Morgan fingerprint density at radius 3 is 2.71 bits per heavy atom. The summed E-state index contributed by atoms with van der Waals surface area (Å²) in [7, 11) is 0. The molecule has 1 aromatic carbocycles. The van der Waals surface area contributed by atoms with Crippen molar-refractivity contribution in [3.05, 3.63) is 53.7 Å². The molecule has 0 spiro atoms. The molecule has 0 saturated carbocycles. The molecule has 0 radical (unpaired) electrons. The van der Waals surface area contributed by atoms with Crippen LogP contribution in [0.25, 0.3) is 0 Å². The molecule has 2 aromatic rings. The van der Waals surface area contributed by atoms with E-state index in [2.05, 4.69) is 21.7 Å². The van der Waals surface area contributed by atoms with Crippen LogP contribution in [0.3, 0.4) is 0 Å². The van der Waals surface area contributed by atoms with E-state index in [-0.39, 0.29) is 24.6 Å². The molecule has 184 valence electrons. The Bertz CT molecular complexity index is 965. The summed E-state index contributed by atoms with van der Waals surface area (Å²) in [5.41, 5.74) is 1.52. The van der Waals surface area contributed by atoms with Gasteiger partial charge in [0.1, 0.15) is 17.1 Å². The fraction of sp³-hybridized carbons (Fsp3) is 0.500. The van der Waals surface area contributed by atoms with Gasteiger partial charge in [0.05, 0.1) is 12.7 Å². The number of pyridine rings is 1. The maximum absolute atomic E-state index is 12.6. The fourth-order valence-electron chi connectivity index (χ4n) is 4.15. The van der Waals surface area contributed by atoms with Gasteiger partial charge in [0, 0.05) is 37.4 Å². The van der Waals surface area contributed by atoms with Crippen molar-refractivity contribution in [3.63, 3.8) is 0 Å². The number of hydrogen-bond donors (Lipinski definition) is 0. The summed E-state index contributed by atoms with van der Waals surface area (Å²) in [4.78, 5) is 33.4. The highest BCUT2D eigenvalue weighted by molar-refractivity contribution is 5.95. The maximum Gasteiger partial charge on any atom is 0.344 e. The van der Waals surface area contributed by atoms with Crippen LogP contribution in [-0.2, 0) is 20.8 Å². The Kier molecular flexibility index (Phi) is 9.27. The van der Waals surface area contributed by atoms with Crippen LogP contribution in [-0.4, -0.2) is 66.8 Å². The van der Waals surface area contributed by atoms with E-state index in [4.69, 9.17) is 14.2 Å². The Balaban J connectivity index is 1.68. The van der Waals surface area contributed by atoms with E-state index in [1.54, 1.807) is 25.3 Å². The highest BCUT2D eigenvalue weighted by Gasteiger charge is 2.30. The molecule has 0 aliphatic carbocycles. The summed E-state index contributed by atoms with van der Waals surface area (Å²) in [5, 5.41) is 0. The largest absolute Gasteiger partial charge is 0.482 e. The van der Waals surface area contributed by atoms with Crippen molar-refractivity contribution in [2.45, 2.75) is 52.8 Å². The van der Waals surface area contributed by atoms with E-state index in [1.807, 2.05) is 38.1 Å². The second kappa shape index (κ2) is 12.4. The number of rotatable bonds is 11. The number of esters is 2. The first-order valence-electron chi connectivity index (χ1n) is 11.9. The number of carbonyl (C=O) groups excluding carboxylic acids is 2. The normalized spacial score (nSPS) is 15.6. The van der Waals surface area contributed by atoms with Crippen LogP contribution in [0, 0.1) is 0 Å². The van der Waals surface area contributed by atoms with Gasteiger partial charge in [-0.15, -0.1) is 0 Å². The highest BCUT2D eigenvalue weighted by Crippen LogP contribution is 2.27. The molecule has 2 heterocycles. The molecule has 1 unspecified atom stereocenters. The van der Waals surface area contributed by atoms with Crippen molar-refractivity contribution in [1.82, 2.24) is 9.88 Å². The second-order valence-electron chi connectivity index (χ2n) is 8.48. The Labute approximate surface area is 201 Å². The first-order chi connectivity index (χ1) is 16.4. The summed E-state index contributed by atoms with van der Waals surface area (Å²) in [5.74, 6) is 0.636. The monoisotopic (exact) mass is 469 g/mol. The van der Waals surface area contributed by atoms with Crippen molar-refractivity contribution < 1.29 is 23.8 Å². The average Bonchev–Trinajstić information content (AvgIpc) is 3.31. The van der Waals surface area contributed by atoms with Gasteiger partial charge in [-0.25, -0.2) is 14.6 Å². The first-order valence-corrected chi connectivity index (χ1v) is 11.9. The van der Waals surface area contributed by atoms with Crippen molar-refractivity contribution in [3.8, 4) is 5.75 Å². The predicted octanol–water partition coefficient (Wildman–Crippen LogP) is 3.69. The average molecular weight is 470 g/mol. The molecule has 0 bridgehead atoms. The third-order valence-electron chi connectivity index (χ3n) is 5.73. The lowest BCUT2D eigenvalue weighted by Gasteiger charge is -2.29. The summed E-state index contributed by atoms with van der Waals surface area (Å²) in [6.07, 6.45) is 2.48. The topological polar surface area (TPSA) is 81.2 Å². The fourth-order valence-corrected chi connectivity index (χ4v) is 4.15. The number of hydrogen-bond acceptors (Lipinski definition) is 8. The van der Waals surface area contributed by atoms with Gasteiger partial charge in [0.2, 0.25) is 0 Å². The molecule has 34 heavy (non-hydrogen) atoms. The number of carbonyl (C=O) groups is 2. The van der Waals surface area contributed by atoms with E-state index in [0.717, 1.165) is 31.6 Å². The summed E-state index contributed by atoms with van der Waals surface area (Å²) in [6.45, 7) is 10.9. The summed E-state index contributed by atoms with van der Waals surface area (Å²) >= 11 is 0. The first kappa shape index (κ1) is 25.5. The van der Waals surface area contributed by atoms with Crippen LogP contribution in [0.5, 0.6) is 5.75 Å². The van der Waals surface area contributed by atoms with E-state index in [9.17, 15) is 9.59 Å². The third kappa shape index (κ3) is 6.70. The molecule has 3 rings (SSSR count). The van der Waals surface area contributed by atoms with Gasteiger partial charge in [-0.2, -0.15) is 0 Å². The van der Waals surface area contributed by atoms with Crippen LogP contribution in [0.2, 0.25) is 0 Å². The highest BCUT2D eigenvalue weighted by atomic mass is 16.6. The minimum atomic E-state index is -0.377. The van der Waals surface area contributed by atoms with Crippen LogP contribution in [0.1, 0.15) is 50.0 Å². The maximum atomic E-state index is 12.6. The molecule has 1 atom stereocenters. The lowest BCUT2D eigenvalue weighted by molar-refractivity contribution is -0.145. The molecule has 8 heteroatoms. The molecular formula is C26H35N3O5. The standard InChI is InChI=1S/C26H35N3O5/c1-5-28(16-20-10-7-8-12-23(20)33-18-24(30)32-6-2)21-13-15-29(17-21)25-22(11-9-14-27-25)26(31)34-19(3)4/h7-12,14,19,21H,5-6,13,15-18H2,1-4H3. The zero-order valence-corrected chi connectivity index (χ0v) is 20.5. The van der Waals surface area contributed by atoms with Crippen molar-refractivity contribution in [2.24, 2.45) is 0 Å². The molecule has 0 amide bonds. The smallest absolute Gasteiger partial charge is 0.344 e. The van der Waals surface area contributed by atoms with Crippen LogP contribution < -0.4 is 9.64 Å². The number of ether oxygens (including phenoxy) is 3. The molecule has 8 nitrogen and oxygen atoms in total. The number of benzene rings is 1. The Morgan fingerprint density at radius 2 is 1.97 bits per heavy atom. The van der Waals surface area contributed by atoms with E-state index >= 15 is 0 Å². The second-order valence-corrected chi connectivity index (χ2v) is 8.48. The van der Waals surface area contributed by atoms with Crippen molar-refractivity contribution in [2.75, 3.05) is 37.7 Å². The lowest BCUT2D eigenvalue weighted by atomic mass is 10.1. The molecule has 0 N–H and O–H groups in total. The number of likely N-dealkylation sites (N-methyl/N-ethyl adjacent to an activating group) is 1. The zero-order valence-electron chi connectivity index (χ0n) is 20.5. The van der Waals surface area contributed by atoms with Crippen molar-refractivity contribution >= 4 is 17.8 Å². The van der Waals surface area contributed by atoms with Crippen LogP contribution >= 0.6 is 0 Å². The predicted molar refractivity (Wildman–Crippen MR) is 130 cm³/mol. The number of nitrogens with zero attached hydrogens (tertiary/aromatic N) is 3. The van der Waals surface area contributed by atoms with Gasteiger partial charge < -0.3 is 19.1 Å². The molecule has 1 fully saturated rings. The number of para-hydroxylation sites is 1. The molecule has 1 aromatic heterocycles. The number of aromatic nitrogens is 1. The SMILES string of the molecule is CCOC(=O)COc1ccccc1CN(CC)C1CCN(c2ncccc2C(=O)OC(C)C)C1. The van der Waals surface area contributed by atoms with Gasteiger partial charge in [-0.3, -0.25) is 4.90 Å². The Hall–Kier alpha value is -3.13. The third-order valence-corrected chi connectivity index (χ3v) is 5.73. The molecular weight excluding hydrogens is 434 g/mol. The minimum absolute atomic E-state index is 0.108. The zero-order chi connectivity index (χ0) is 24.5. The van der Waals surface area contributed by atoms with Crippen LogP contribution in [0.4, 0.5) is 5.82 Å².